The summed E-state index contributed by atoms with van der Waals surface area (Å²) in [6.07, 6.45) is 3.28. The number of hydrogen-bond donors (Lipinski definition) is 1. The molecule has 1 atom stereocenters. The van der Waals surface area contributed by atoms with E-state index in [2.05, 4.69) is 20.4 Å². The number of anilines is 2. The molecule has 1 N–H and O–H groups in total. The van der Waals surface area contributed by atoms with Crippen molar-refractivity contribution in [2.75, 3.05) is 5.32 Å². The highest BCUT2D eigenvalue weighted by Crippen LogP contribution is 2.30. The first-order valence-corrected chi connectivity index (χ1v) is 6.73. The van der Waals surface area contributed by atoms with Crippen molar-refractivity contribution in [3.05, 3.63) is 42.4 Å². The van der Waals surface area contributed by atoms with E-state index in [0.717, 1.165) is 28.1 Å². The van der Waals surface area contributed by atoms with E-state index in [-0.39, 0.29) is 5.38 Å². The number of benzene rings is 1. The number of halogens is 1. The van der Waals surface area contributed by atoms with Crippen LogP contribution in [0.4, 0.5) is 11.5 Å². The topological polar surface area (TPSA) is 55.6 Å². The van der Waals surface area contributed by atoms with Crippen LogP contribution in [-0.2, 0) is 7.05 Å². The molecule has 5 nitrogen and oxygen atoms in total. The number of hydrogen-bond acceptors (Lipinski definition) is 4. The van der Waals surface area contributed by atoms with Crippen molar-refractivity contribution < 1.29 is 0 Å². The van der Waals surface area contributed by atoms with Gasteiger partial charge in [0.1, 0.15) is 12.1 Å². The molecule has 0 bridgehead atoms. The first kappa shape index (κ1) is 12.9. The quantitative estimate of drug-likeness (QED) is 0.750. The molecule has 102 valence electrons. The van der Waals surface area contributed by atoms with E-state index in [1.165, 1.54) is 6.33 Å². The highest BCUT2D eigenvalue weighted by Gasteiger charge is 2.11. The van der Waals surface area contributed by atoms with Gasteiger partial charge in [0, 0.05) is 12.7 Å². The highest BCUT2D eigenvalue weighted by molar-refractivity contribution is 6.21. The first-order chi connectivity index (χ1) is 9.66. The molecular weight excluding hydrogens is 274 g/mol. The van der Waals surface area contributed by atoms with Gasteiger partial charge in [-0.1, -0.05) is 18.2 Å². The summed E-state index contributed by atoms with van der Waals surface area (Å²) in [5.74, 6) is 0.730. The van der Waals surface area contributed by atoms with Crippen molar-refractivity contribution in [3.8, 4) is 0 Å². The van der Waals surface area contributed by atoms with Gasteiger partial charge in [0.15, 0.2) is 5.65 Å². The van der Waals surface area contributed by atoms with E-state index in [0.29, 0.717) is 0 Å². The van der Waals surface area contributed by atoms with Crippen LogP contribution in [-0.4, -0.2) is 19.7 Å². The van der Waals surface area contributed by atoms with Crippen LogP contribution in [0.2, 0.25) is 0 Å². The van der Waals surface area contributed by atoms with Crippen molar-refractivity contribution >= 4 is 34.1 Å². The molecule has 2 aromatic heterocycles. The Kier molecular flexibility index (Phi) is 3.28. The lowest BCUT2D eigenvalue weighted by Crippen LogP contribution is -2.00. The fourth-order valence-electron chi connectivity index (χ4n) is 2.15. The standard InChI is InChI=1S/C14H14ClN5/c1-9(15)10-5-3-4-6-12(10)19-13-11-7-18-20(2)14(11)17-8-16-13/h3-9H,1-2H3,(H,16,17,19). The van der Waals surface area contributed by atoms with Crippen molar-refractivity contribution in [3.63, 3.8) is 0 Å². The third kappa shape index (κ3) is 2.20. The van der Waals surface area contributed by atoms with E-state index < -0.39 is 0 Å². The lowest BCUT2D eigenvalue weighted by Gasteiger charge is -2.13. The maximum Gasteiger partial charge on any atom is 0.163 e. The Labute approximate surface area is 121 Å². The smallest absolute Gasteiger partial charge is 0.163 e. The fourth-order valence-corrected chi connectivity index (χ4v) is 2.34. The Morgan fingerprint density at radius 1 is 1.25 bits per heavy atom. The molecule has 1 aromatic carbocycles. The van der Waals surface area contributed by atoms with E-state index in [9.17, 15) is 0 Å². The number of aryl methyl sites for hydroxylation is 1. The second-order valence-corrected chi connectivity index (χ2v) is 5.21. The van der Waals surface area contributed by atoms with Crippen LogP contribution in [0.1, 0.15) is 17.9 Å². The number of alkyl halides is 1. The Morgan fingerprint density at radius 3 is 2.85 bits per heavy atom. The van der Waals surface area contributed by atoms with E-state index in [1.807, 2.05) is 38.2 Å². The average molecular weight is 288 g/mol. The monoisotopic (exact) mass is 287 g/mol. The highest BCUT2D eigenvalue weighted by atomic mass is 35.5. The summed E-state index contributed by atoms with van der Waals surface area (Å²) in [4.78, 5) is 8.52. The molecule has 2 heterocycles. The van der Waals surface area contributed by atoms with Crippen LogP contribution in [0.5, 0.6) is 0 Å². The molecule has 1 unspecified atom stereocenters. The van der Waals surface area contributed by atoms with E-state index >= 15 is 0 Å². The molecule has 6 heteroatoms. The minimum absolute atomic E-state index is 0.0788. The van der Waals surface area contributed by atoms with E-state index in [1.54, 1.807) is 10.9 Å². The van der Waals surface area contributed by atoms with Crippen LogP contribution in [0.15, 0.2) is 36.8 Å². The first-order valence-electron chi connectivity index (χ1n) is 6.29. The molecule has 0 radical (unpaired) electrons. The predicted molar refractivity (Wildman–Crippen MR) is 80.3 cm³/mol. The van der Waals surface area contributed by atoms with Gasteiger partial charge in [0.2, 0.25) is 0 Å². The summed E-state index contributed by atoms with van der Waals surface area (Å²) < 4.78 is 1.72. The molecule has 0 spiro atoms. The Balaban J connectivity index is 2.06. The zero-order valence-corrected chi connectivity index (χ0v) is 12.0. The minimum Gasteiger partial charge on any atom is -0.339 e. The second kappa shape index (κ2) is 5.09. The molecule has 0 fully saturated rings. The van der Waals surface area contributed by atoms with Crippen LogP contribution < -0.4 is 5.32 Å². The average Bonchev–Trinajstić information content (AvgIpc) is 2.82. The van der Waals surface area contributed by atoms with Crippen LogP contribution in [0.3, 0.4) is 0 Å². The molecule has 3 aromatic rings. The van der Waals surface area contributed by atoms with Gasteiger partial charge >= 0.3 is 0 Å². The molecule has 0 aliphatic heterocycles. The molecule has 0 saturated heterocycles. The number of nitrogens with one attached hydrogen (secondary N) is 1. The summed E-state index contributed by atoms with van der Waals surface area (Å²) in [7, 11) is 1.86. The Hall–Kier alpha value is -2.14. The van der Waals surface area contributed by atoms with Crippen molar-refractivity contribution in [2.45, 2.75) is 12.3 Å². The van der Waals surface area contributed by atoms with Crippen LogP contribution in [0.25, 0.3) is 11.0 Å². The zero-order chi connectivity index (χ0) is 14.1. The number of para-hydroxylation sites is 1. The predicted octanol–water partition coefficient (Wildman–Crippen LogP) is 3.41. The summed E-state index contributed by atoms with van der Waals surface area (Å²) in [5.41, 5.74) is 2.77. The van der Waals surface area contributed by atoms with Crippen molar-refractivity contribution in [1.29, 1.82) is 0 Å². The van der Waals surface area contributed by atoms with Crippen molar-refractivity contribution in [2.24, 2.45) is 7.05 Å². The summed E-state index contributed by atoms with van der Waals surface area (Å²) in [6.45, 7) is 1.95. The normalized spacial score (nSPS) is 12.6. The zero-order valence-electron chi connectivity index (χ0n) is 11.2. The van der Waals surface area contributed by atoms with Crippen LogP contribution in [0, 0.1) is 0 Å². The van der Waals surface area contributed by atoms with Gasteiger partial charge in [0.25, 0.3) is 0 Å². The summed E-state index contributed by atoms with van der Waals surface area (Å²) in [5, 5.41) is 8.33. The number of aromatic nitrogens is 4. The maximum atomic E-state index is 6.21. The SMILES string of the molecule is CC(Cl)c1ccccc1Nc1ncnc2c1cnn2C. The van der Waals surface area contributed by atoms with Gasteiger partial charge in [-0.05, 0) is 18.6 Å². The van der Waals surface area contributed by atoms with Gasteiger partial charge in [-0.25, -0.2) is 9.97 Å². The third-order valence-corrected chi connectivity index (χ3v) is 3.41. The Morgan fingerprint density at radius 2 is 2.05 bits per heavy atom. The summed E-state index contributed by atoms with van der Waals surface area (Å²) in [6, 6.07) is 7.92. The lowest BCUT2D eigenvalue weighted by molar-refractivity contribution is 0.785. The molecule has 3 rings (SSSR count). The molecular formula is C14H14ClN5. The van der Waals surface area contributed by atoms with Crippen molar-refractivity contribution in [1.82, 2.24) is 19.7 Å². The number of nitrogens with zero attached hydrogens (tertiary/aromatic N) is 4. The molecule has 0 saturated carbocycles. The number of rotatable bonds is 3. The Bertz CT molecular complexity index is 750. The maximum absolute atomic E-state index is 6.21. The fraction of sp³-hybridized carbons (Fsp3) is 0.214. The minimum atomic E-state index is -0.0788. The number of fused-ring (bicyclic) bond motifs is 1. The lowest BCUT2D eigenvalue weighted by atomic mass is 10.1. The van der Waals surface area contributed by atoms with Gasteiger partial charge < -0.3 is 5.32 Å². The third-order valence-electron chi connectivity index (χ3n) is 3.17. The summed E-state index contributed by atoms with van der Waals surface area (Å²) >= 11 is 6.21. The van der Waals surface area contributed by atoms with Crippen LogP contribution >= 0.6 is 11.6 Å². The van der Waals surface area contributed by atoms with Gasteiger partial charge in [0.05, 0.1) is 17.0 Å². The second-order valence-electron chi connectivity index (χ2n) is 4.56. The van der Waals surface area contributed by atoms with E-state index in [4.69, 9.17) is 11.6 Å². The largest absolute Gasteiger partial charge is 0.339 e. The molecule has 0 amide bonds. The van der Waals surface area contributed by atoms with Gasteiger partial charge in [-0.3, -0.25) is 4.68 Å². The van der Waals surface area contributed by atoms with Gasteiger partial charge in [-0.2, -0.15) is 5.10 Å². The van der Waals surface area contributed by atoms with Gasteiger partial charge in [-0.15, -0.1) is 11.6 Å². The molecule has 0 aliphatic carbocycles. The molecule has 20 heavy (non-hydrogen) atoms. The molecule has 0 aliphatic rings.